The van der Waals surface area contributed by atoms with E-state index in [1.807, 2.05) is 18.2 Å². The van der Waals surface area contributed by atoms with Gasteiger partial charge in [0.25, 0.3) is 0 Å². The third-order valence-electron chi connectivity index (χ3n) is 1.44. The minimum Gasteiger partial charge on any atom is -0.399 e. The molecule has 0 fully saturated rings. The molecule has 2 rings (SSSR count). The zero-order valence-corrected chi connectivity index (χ0v) is 8.35. The zero-order valence-electron chi connectivity index (χ0n) is 7.60. The van der Waals surface area contributed by atoms with Gasteiger partial charge in [0.15, 0.2) is 0 Å². The number of benzene rings is 1. The van der Waals surface area contributed by atoms with Crippen molar-refractivity contribution in [3.05, 3.63) is 59.9 Å². The number of hydrogen-bond donors (Lipinski definition) is 1. The number of rotatable bonds is 0. The average molecular weight is 207 g/mol. The largest absolute Gasteiger partial charge is 0.399 e. The summed E-state index contributed by atoms with van der Waals surface area (Å²) in [7, 11) is 0. The van der Waals surface area contributed by atoms with Crippen LogP contribution in [0.15, 0.2) is 54.9 Å². The first-order chi connectivity index (χ1) is 6.79. The van der Waals surface area contributed by atoms with Crippen LogP contribution in [0.3, 0.4) is 0 Å². The van der Waals surface area contributed by atoms with Gasteiger partial charge < -0.3 is 5.73 Å². The molecule has 0 radical (unpaired) electrons. The van der Waals surface area contributed by atoms with Crippen molar-refractivity contribution in [3.63, 3.8) is 0 Å². The van der Waals surface area contributed by atoms with E-state index in [0.29, 0.717) is 0 Å². The van der Waals surface area contributed by atoms with Crippen LogP contribution in [0, 0.1) is 0 Å². The minimum atomic E-state index is 0.721. The highest BCUT2D eigenvalue weighted by Gasteiger charge is 1.82. The average Bonchev–Trinajstić information content (AvgIpc) is 2.26. The lowest BCUT2D eigenvalue weighted by atomic mass is 10.3. The molecule has 1 aromatic heterocycles. The van der Waals surface area contributed by atoms with Crippen LogP contribution >= 0.6 is 11.6 Å². The smallest absolute Gasteiger partial charge is 0.0407 e. The molecule has 0 unspecified atom stereocenters. The van der Waals surface area contributed by atoms with Crippen molar-refractivity contribution >= 4 is 17.3 Å². The molecule has 0 amide bonds. The van der Waals surface area contributed by atoms with Gasteiger partial charge in [-0.15, -0.1) is 0 Å². The fraction of sp³-hybridized carbons (Fsp3) is 0. The first-order valence-electron chi connectivity index (χ1n) is 4.15. The van der Waals surface area contributed by atoms with E-state index in [2.05, 4.69) is 4.98 Å². The van der Waals surface area contributed by atoms with Crippen LogP contribution in [0.2, 0.25) is 5.02 Å². The second-order valence-corrected chi connectivity index (χ2v) is 3.01. The first-order valence-corrected chi connectivity index (χ1v) is 4.53. The Morgan fingerprint density at radius 2 is 1.50 bits per heavy atom. The van der Waals surface area contributed by atoms with Crippen LogP contribution in [0.5, 0.6) is 0 Å². The molecule has 3 heteroatoms. The van der Waals surface area contributed by atoms with E-state index in [1.54, 1.807) is 36.7 Å². The summed E-state index contributed by atoms with van der Waals surface area (Å²) >= 11 is 5.56. The first kappa shape index (κ1) is 10.5. The van der Waals surface area contributed by atoms with Gasteiger partial charge in [-0.2, -0.15) is 0 Å². The predicted molar refractivity (Wildman–Crippen MR) is 60.1 cm³/mol. The Morgan fingerprint density at radius 3 is 1.79 bits per heavy atom. The van der Waals surface area contributed by atoms with Gasteiger partial charge in [0.05, 0.1) is 0 Å². The van der Waals surface area contributed by atoms with Crippen LogP contribution in [0.4, 0.5) is 5.69 Å². The van der Waals surface area contributed by atoms with Gasteiger partial charge in [-0.3, -0.25) is 4.98 Å². The fourth-order valence-electron chi connectivity index (χ4n) is 0.775. The van der Waals surface area contributed by atoms with Crippen LogP contribution in [0.1, 0.15) is 0 Å². The number of nitrogens with zero attached hydrogens (tertiary/aromatic N) is 1. The van der Waals surface area contributed by atoms with Crippen molar-refractivity contribution in [1.29, 1.82) is 0 Å². The normalized spacial score (nSPS) is 8.64. The lowest BCUT2D eigenvalue weighted by molar-refractivity contribution is 1.33. The van der Waals surface area contributed by atoms with Gasteiger partial charge in [0, 0.05) is 23.1 Å². The van der Waals surface area contributed by atoms with E-state index in [-0.39, 0.29) is 0 Å². The Kier molecular flexibility index (Phi) is 4.51. The zero-order chi connectivity index (χ0) is 10.2. The summed E-state index contributed by atoms with van der Waals surface area (Å²) in [6, 6.07) is 12.8. The molecular formula is C11H11ClN2. The Morgan fingerprint density at radius 1 is 0.929 bits per heavy atom. The molecule has 1 heterocycles. The van der Waals surface area contributed by atoms with Gasteiger partial charge >= 0.3 is 0 Å². The van der Waals surface area contributed by atoms with Crippen molar-refractivity contribution in [1.82, 2.24) is 4.98 Å². The van der Waals surface area contributed by atoms with Gasteiger partial charge in [-0.1, -0.05) is 17.7 Å². The third kappa shape index (κ3) is 4.48. The number of pyridine rings is 1. The summed E-state index contributed by atoms with van der Waals surface area (Å²) in [6.07, 6.45) is 3.50. The molecule has 0 spiro atoms. The number of halogens is 1. The van der Waals surface area contributed by atoms with E-state index in [0.717, 1.165) is 10.7 Å². The summed E-state index contributed by atoms with van der Waals surface area (Å²) in [6.45, 7) is 0. The van der Waals surface area contributed by atoms with Crippen molar-refractivity contribution in [2.75, 3.05) is 5.73 Å². The summed E-state index contributed by atoms with van der Waals surface area (Å²) < 4.78 is 0. The van der Waals surface area contributed by atoms with Crippen molar-refractivity contribution in [2.24, 2.45) is 0 Å². The van der Waals surface area contributed by atoms with E-state index >= 15 is 0 Å². The molecule has 0 aliphatic carbocycles. The quantitative estimate of drug-likeness (QED) is 0.673. The molecule has 2 aromatic rings. The number of nitrogens with two attached hydrogens (primary N) is 1. The summed E-state index contributed by atoms with van der Waals surface area (Å²) in [5, 5.41) is 0.721. The van der Waals surface area contributed by atoms with Gasteiger partial charge in [-0.05, 0) is 36.4 Å². The molecule has 72 valence electrons. The van der Waals surface area contributed by atoms with E-state index < -0.39 is 0 Å². The van der Waals surface area contributed by atoms with Crippen molar-refractivity contribution < 1.29 is 0 Å². The second-order valence-electron chi connectivity index (χ2n) is 2.58. The van der Waals surface area contributed by atoms with Crippen LogP contribution in [0.25, 0.3) is 0 Å². The number of anilines is 1. The number of aromatic nitrogens is 1. The Hall–Kier alpha value is -1.54. The standard InChI is InChI=1S/C6H6ClN.C5H5N/c7-5-1-3-6(8)4-2-5;1-2-4-6-5-3-1/h1-4H,8H2;1-5H. The maximum absolute atomic E-state index is 5.56. The van der Waals surface area contributed by atoms with Crippen LogP contribution in [-0.4, -0.2) is 4.98 Å². The molecule has 14 heavy (non-hydrogen) atoms. The van der Waals surface area contributed by atoms with E-state index in [4.69, 9.17) is 17.3 Å². The third-order valence-corrected chi connectivity index (χ3v) is 1.69. The van der Waals surface area contributed by atoms with Gasteiger partial charge in [0.2, 0.25) is 0 Å². The molecule has 0 saturated carbocycles. The molecule has 2 nitrogen and oxygen atoms in total. The maximum Gasteiger partial charge on any atom is 0.0407 e. The highest BCUT2D eigenvalue weighted by molar-refractivity contribution is 6.30. The molecule has 0 bridgehead atoms. The SMILES string of the molecule is Nc1ccc(Cl)cc1.c1ccncc1. The van der Waals surface area contributed by atoms with Crippen molar-refractivity contribution in [3.8, 4) is 0 Å². The Balaban J connectivity index is 0.000000146. The molecule has 0 atom stereocenters. The minimum absolute atomic E-state index is 0.721. The fourth-order valence-corrected chi connectivity index (χ4v) is 0.901. The summed E-state index contributed by atoms with van der Waals surface area (Å²) in [4.78, 5) is 3.78. The highest BCUT2D eigenvalue weighted by Crippen LogP contribution is 2.09. The van der Waals surface area contributed by atoms with Gasteiger partial charge in [-0.25, -0.2) is 0 Å². The van der Waals surface area contributed by atoms with E-state index in [9.17, 15) is 0 Å². The lowest BCUT2D eigenvalue weighted by Gasteiger charge is -1.88. The molecule has 1 aromatic carbocycles. The highest BCUT2D eigenvalue weighted by atomic mass is 35.5. The number of nitrogen functional groups attached to an aromatic ring is 1. The van der Waals surface area contributed by atoms with Crippen LogP contribution < -0.4 is 5.73 Å². The molecule has 0 aliphatic heterocycles. The topological polar surface area (TPSA) is 38.9 Å². The van der Waals surface area contributed by atoms with Crippen molar-refractivity contribution in [2.45, 2.75) is 0 Å². The molecule has 0 saturated heterocycles. The Labute approximate surface area is 88.4 Å². The maximum atomic E-state index is 5.56. The predicted octanol–water partition coefficient (Wildman–Crippen LogP) is 3.00. The molecule has 2 N–H and O–H groups in total. The summed E-state index contributed by atoms with van der Waals surface area (Å²) in [5.74, 6) is 0. The molecular weight excluding hydrogens is 196 g/mol. The monoisotopic (exact) mass is 206 g/mol. The number of hydrogen-bond acceptors (Lipinski definition) is 2. The summed E-state index contributed by atoms with van der Waals surface area (Å²) in [5.41, 5.74) is 6.11. The van der Waals surface area contributed by atoms with Crippen LogP contribution in [-0.2, 0) is 0 Å². The van der Waals surface area contributed by atoms with Gasteiger partial charge in [0.1, 0.15) is 0 Å². The molecule has 0 aliphatic rings. The lowest BCUT2D eigenvalue weighted by Crippen LogP contribution is -1.80. The van der Waals surface area contributed by atoms with E-state index in [1.165, 1.54) is 0 Å². The second kappa shape index (κ2) is 6.00. The Bertz CT molecular complexity index is 298.